The number of pyridine rings is 1. The fraction of sp³-hybridized carbons (Fsp3) is 0.156. The SMILES string of the molecule is Cc1cccc(Oc2nc3c(C)cccn3c(=O)c2C=C(C#N)C(=O)Nc2c(C)n(C)n(-c3ccccc3)c2=O)c1C. The van der Waals surface area contributed by atoms with Crippen molar-refractivity contribution >= 4 is 23.3 Å². The summed E-state index contributed by atoms with van der Waals surface area (Å²) in [6.45, 7) is 7.32. The van der Waals surface area contributed by atoms with Gasteiger partial charge in [0.05, 0.1) is 11.4 Å². The lowest BCUT2D eigenvalue weighted by Gasteiger charge is -2.13. The number of amides is 1. The molecule has 0 radical (unpaired) electrons. The lowest BCUT2D eigenvalue weighted by Crippen LogP contribution is -2.24. The number of ether oxygens (including phenoxy) is 1. The van der Waals surface area contributed by atoms with Gasteiger partial charge in [-0.3, -0.25) is 23.5 Å². The fourth-order valence-corrected chi connectivity index (χ4v) is 4.62. The minimum Gasteiger partial charge on any atom is -0.438 e. The number of nitrogens with zero attached hydrogens (tertiary/aromatic N) is 5. The van der Waals surface area contributed by atoms with Gasteiger partial charge in [0.1, 0.15) is 34.3 Å². The number of anilines is 1. The van der Waals surface area contributed by atoms with Crippen LogP contribution in [0.4, 0.5) is 5.69 Å². The highest BCUT2D eigenvalue weighted by Gasteiger charge is 2.22. The third-order valence-electron chi connectivity index (χ3n) is 7.26. The number of para-hydroxylation sites is 1. The molecule has 0 atom stereocenters. The monoisotopic (exact) mass is 560 g/mol. The second-order valence-corrected chi connectivity index (χ2v) is 9.88. The second kappa shape index (κ2) is 11.1. The molecule has 5 aromatic rings. The van der Waals surface area contributed by atoms with Gasteiger partial charge >= 0.3 is 0 Å². The van der Waals surface area contributed by atoms with Crippen molar-refractivity contribution in [2.45, 2.75) is 27.7 Å². The lowest BCUT2D eigenvalue weighted by molar-refractivity contribution is -0.112. The molecule has 210 valence electrons. The number of fused-ring (bicyclic) bond motifs is 1. The Morgan fingerprint density at radius 2 is 1.67 bits per heavy atom. The number of aryl methyl sites for hydroxylation is 2. The van der Waals surface area contributed by atoms with E-state index in [1.165, 1.54) is 9.08 Å². The van der Waals surface area contributed by atoms with Crippen molar-refractivity contribution in [2.24, 2.45) is 7.05 Å². The summed E-state index contributed by atoms with van der Waals surface area (Å²) in [4.78, 5) is 45.0. The van der Waals surface area contributed by atoms with Crippen LogP contribution in [0, 0.1) is 39.0 Å². The molecule has 0 spiro atoms. The van der Waals surface area contributed by atoms with E-state index in [-0.39, 0.29) is 17.1 Å². The maximum atomic E-state index is 13.7. The Balaban J connectivity index is 1.61. The fourth-order valence-electron chi connectivity index (χ4n) is 4.62. The zero-order valence-corrected chi connectivity index (χ0v) is 23.8. The van der Waals surface area contributed by atoms with Gasteiger partial charge in [-0.2, -0.15) is 10.2 Å². The summed E-state index contributed by atoms with van der Waals surface area (Å²) in [6, 6.07) is 19.9. The first-order chi connectivity index (χ1) is 20.1. The summed E-state index contributed by atoms with van der Waals surface area (Å²) < 4.78 is 10.5. The quantitative estimate of drug-likeness (QED) is 0.236. The lowest BCUT2D eigenvalue weighted by atomic mass is 10.1. The number of carbonyl (C=O) groups is 1. The van der Waals surface area contributed by atoms with Crippen molar-refractivity contribution in [1.82, 2.24) is 18.7 Å². The normalized spacial score (nSPS) is 11.4. The molecule has 3 heterocycles. The van der Waals surface area contributed by atoms with Gasteiger partial charge in [0.2, 0.25) is 5.88 Å². The summed E-state index contributed by atoms with van der Waals surface area (Å²) in [5.74, 6) is -0.417. The molecule has 10 heteroatoms. The summed E-state index contributed by atoms with van der Waals surface area (Å²) >= 11 is 0. The van der Waals surface area contributed by atoms with Crippen LogP contribution in [-0.2, 0) is 11.8 Å². The standard InChI is InChI=1S/C32H28N6O4/c1-19-11-9-15-26(21(19)3)42-30-25(31(40)37-16-10-12-20(2)28(37)35-30)17-23(18-33)29(39)34-27-22(4)36(5)38(32(27)41)24-13-7-6-8-14-24/h6-17H,1-5H3,(H,34,39). The van der Waals surface area contributed by atoms with Crippen LogP contribution in [0.3, 0.4) is 0 Å². The van der Waals surface area contributed by atoms with Crippen LogP contribution in [0.1, 0.15) is 27.9 Å². The number of nitriles is 1. The number of carbonyl (C=O) groups excluding carboxylic acids is 1. The van der Waals surface area contributed by atoms with Crippen LogP contribution in [0.15, 0.2) is 82.0 Å². The summed E-state index contributed by atoms with van der Waals surface area (Å²) in [7, 11) is 1.70. The number of nitrogens with one attached hydrogen (secondary N) is 1. The van der Waals surface area contributed by atoms with E-state index >= 15 is 0 Å². The number of rotatable bonds is 6. The Kier molecular flexibility index (Phi) is 7.34. The highest BCUT2D eigenvalue weighted by atomic mass is 16.5. The van der Waals surface area contributed by atoms with Crippen LogP contribution < -0.4 is 21.2 Å². The first-order valence-corrected chi connectivity index (χ1v) is 13.2. The van der Waals surface area contributed by atoms with E-state index in [1.54, 1.807) is 61.2 Å². The molecule has 3 aromatic heterocycles. The van der Waals surface area contributed by atoms with Crippen molar-refractivity contribution in [3.8, 4) is 23.4 Å². The molecule has 0 aliphatic heterocycles. The van der Waals surface area contributed by atoms with Crippen molar-refractivity contribution in [1.29, 1.82) is 5.26 Å². The first kappa shape index (κ1) is 27.9. The molecule has 0 aliphatic rings. The predicted molar refractivity (Wildman–Crippen MR) is 160 cm³/mol. The summed E-state index contributed by atoms with van der Waals surface area (Å²) in [6.07, 6.45) is 2.70. The molecule has 42 heavy (non-hydrogen) atoms. The number of aromatic nitrogens is 4. The van der Waals surface area contributed by atoms with Crippen LogP contribution >= 0.6 is 0 Å². The Morgan fingerprint density at radius 3 is 2.38 bits per heavy atom. The molecule has 0 fully saturated rings. The Morgan fingerprint density at radius 1 is 0.952 bits per heavy atom. The molecule has 5 rings (SSSR count). The zero-order chi connectivity index (χ0) is 30.1. The maximum Gasteiger partial charge on any atom is 0.295 e. The summed E-state index contributed by atoms with van der Waals surface area (Å²) in [5, 5.41) is 12.6. The number of hydrogen-bond donors (Lipinski definition) is 1. The van der Waals surface area contributed by atoms with Crippen molar-refractivity contribution < 1.29 is 9.53 Å². The van der Waals surface area contributed by atoms with E-state index in [1.807, 2.05) is 51.1 Å². The third-order valence-corrected chi connectivity index (χ3v) is 7.26. The van der Waals surface area contributed by atoms with E-state index in [0.29, 0.717) is 22.8 Å². The van der Waals surface area contributed by atoms with Crippen LogP contribution in [0.5, 0.6) is 11.6 Å². The Hall–Kier alpha value is -5.69. The predicted octanol–water partition coefficient (Wildman–Crippen LogP) is 4.76. The number of hydrogen-bond acceptors (Lipinski definition) is 6. The second-order valence-electron chi connectivity index (χ2n) is 9.88. The maximum absolute atomic E-state index is 13.7. The third kappa shape index (κ3) is 4.88. The largest absolute Gasteiger partial charge is 0.438 e. The topological polar surface area (TPSA) is 123 Å². The highest BCUT2D eigenvalue weighted by molar-refractivity contribution is 6.10. The zero-order valence-electron chi connectivity index (χ0n) is 23.8. The van der Waals surface area contributed by atoms with E-state index in [0.717, 1.165) is 22.8 Å². The molecular weight excluding hydrogens is 532 g/mol. The highest BCUT2D eigenvalue weighted by Crippen LogP contribution is 2.29. The van der Waals surface area contributed by atoms with E-state index < -0.39 is 22.6 Å². The molecule has 0 saturated heterocycles. The van der Waals surface area contributed by atoms with Gasteiger partial charge in [-0.05, 0) is 74.7 Å². The van der Waals surface area contributed by atoms with Crippen LogP contribution in [0.25, 0.3) is 17.4 Å². The van der Waals surface area contributed by atoms with Crippen molar-refractivity contribution in [3.63, 3.8) is 0 Å². The average molecular weight is 561 g/mol. The smallest absolute Gasteiger partial charge is 0.295 e. The van der Waals surface area contributed by atoms with Crippen molar-refractivity contribution in [2.75, 3.05) is 5.32 Å². The van der Waals surface area contributed by atoms with Gasteiger partial charge in [-0.25, -0.2) is 4.68 Å². The molecule has 2 aromatic carbocycles. The van der Waals surface area contributed by atoms with Crippen LogP contribution in [0.2, 0.25) is 0 Å². The van der Waals surface area contributed by atoms with Gasteiger partial charge in [0.25, 0.3) is 17.0 Å². The molecule has 1 N–H and O–H groups in total. The molecular formula is C32H28N6O4. The summed E-state index contributed by atoms with van der Waals surface area (Å²) in [5.41, 5.74) is 2.59. The Bertz CT molecular complexity index is 2060. The number of benzene rings is 2. The molecule has 0 saturated carbocycles. The average Bonchev–Trinajstić information content (AvgIpc) is 3.19. The Labute approximate surface area is 241 Å². The van der Waals surface area contributed by atoms with Crippen molar-refractivity contribution in [3.05, 3.63) is 121 Å². The molecule has 0 aliphatic carbocycles. The van der Waals surface area contributed by atoms with E-state index in [9.17, 15) is 19.6 Å². The molecule has 1 amide bonds. The van der Waals surface area contributed by atoms with E-state index in [2.05, 4.69) is 10.3 Å². The minimum absolute atomic E-state index is 0.0170. The molecule has 10 nitrogen and oxygen atoms in total. The van der Waals surface area contributed by atoms with Crippen LogP contribution in [-0.4, -0.2) is 24.7 Å². The van der Waals surface area contributed by atoms with Gasteiger partial charge in [-0.1, -0.05) is 36.4 Å². The molecule has 0 bridgehead atoms. The van der Waals surface area contributed by atoms with Gasteiger partial charge in [0, 0.05) is 13.2 Å². The minimum atomic E-state index is -0.852. The molecule has 0 unspecified atom stereocenters. The van der Waals surface area contributed by atoms with Gasteiger partial charge < -0.3 is 10.1 Å². The first-order valence-electron chi connectivity index (χ1n) is 13.2. The van der Waals surface area contributed by atoms with E-state index in [4.69, 9.17) is 4.74 Å². The van der Waals surface area contributed by atoms with Gasteiger partial charge in [-0.15, -0.1) is 0 Å². The van der Waals surface area contributed by atoms with Gasteiger partial charge in [0.15, 0.2) is 0 Å².